The lowest BCUT2D eigenvalue weighted by molar-refractivity contribution is 0.294. The SMILES string of the molecule is CC1CN(c2ccccc2)CCN1C(=S)N/N=C1/CCOc2ccc(F)nc21. The second-order valence-electron chi connectivity index (χ2n) is 6.88. The van der Waals surface area contributed by atoms with Crippen molar-refractivity contribution in [3.63, 3.8) is 0 Å². The number of benzene rings is 1. The highest BCUT2D eigenvalue weighted by Crippen LogP contribution is 2.23. The maximum absolute atomic E-state index is 13.5. The first kappa shape index (κ1) is 18.6. The molecule has 2 aliphatic heterocycles. The van der Waals surface area contributed by atoms with Gasteiger partial charge in [-0.05, 0) is 43.4 Å². The predicted octanol–water partition coefficient (Wildman–Crippen LogP) is 2.79. The minimum absolute atomic E-state index is 0.242. The first-order valence-corrected chi connectivity index (χ1v) is 9.75. The molecular formula is C20H22FN5OS. The number of anilines is 1. The number of fused-ring (bicyclic) bond motifs is 1. The number of thiocarbonyl (C=S) groups is 1. The topological polar surface area (TPSA) is 53.0 Å². The van der Waals surface area contributed by atoms with Gasteiger partial charge >= 0.3 is 0 Å². The molecule has 1 aromatic heterocycles. The number of hydrogen-bond donors (Lipinski definition) is 1. The molecule has 4 rings (SSSR count). The summed E-state index contributed by atoms with van der Waals surface area (Å²) in [6.45, 7) is 5.21. The van der Waals surface area contributed by atoms with Crippen molar-refractivity contribution in [2.45, 2.75) is 19.4 Å². The van der Waals surface area contributed by atoms with Gasteiger partial charge in [0.1, 0.15) is 11.4 Å². The van der Waals surface area contributed by atoms with Gasteiger partial charge in [-0.2, -0.15) is 9.49 Å². The number of ether oxygens (including phenoxy) is 1. The van der Waals surface area contributed by atoms with E-state index in [1.165, 1.54) is 11.8 Å². The summed E-state index contributed by atoms with van der Waals surface area (Å²) in [5.41, 5.74) is 5.28. The van der Waals surface area contributed by atoms with Gasteiger partial charge in [-0.15, -0.1) is 0 Å². The lowest BCUT2D eigenvalue weighted by Crippen LogP contribution is -2.56. The Morgan fingerprint density at radius 1 is 1.25 bits per heavy atom. The summed E-state index contributed by atoms with van der Waals surface area (Å²) in [6, 6.07) is 13.5. The van der Waals surface area contributed by atoms with E-state index < -0.39 is 5.95 Å². The molecule has 0 aliphatic carbocycles. The Balaban J connectivity index is 1.41. The fourth-order valence-corrected chi connectivity index (χ4v) is 3.86. The maximum atomic E-state index is 13.5. The number of piperazine rings is 1. The second-order valence-corrected chi connectivity index (χ2v) is 7.27. The number of rotatable bonds is 2. The second kappa shape index (κ2) is 8.10. The van der Waals surface area contributed by atoms with Crippen molar-refractivity contribution >= 4 is 28.7 Å². The third-order valence-corrected chi connectivity index (χ3v) is 5.32. The number of nitrogens with one attached hydrogen (secondary N) is 1. The molecule has 1 atom stereocenters. The molecule has 2 aromatic rings. The van der Waals surface area contributed by atoms with Crippen LogP contribution in [-0.2, 0) is 0 Å². The summed E-state index contributed by atoms with van der Waals surface area (Å²) in [6.07, 6.45) is 0.552. The summed E-state index contributed by atoms with van der Waals surface area (Å²) in [4.78, 5) is 8.41. The molecular weight excluding hydrogens is 377 g/mol. The van der Waals surface area contributed by atoms with Gasteiger partial charge in [-0.25, -0.2) is 4.98 Å². The van der Waals surface area contributed by atoms with E-state index in [9.17, 15) is 4.39 Å². The average molecular weight is 399 g/mol. The lowest BCUT2D eigenvalue weighted by Gasteiger charge is -2.41. The molecule has 1 saturated heterocycles. The van der Waals surface area contributed by atoms with Crippen molar-refractivity contribution in [1.82, 2.24) is 15.3 Å². The van der Waals surface area contributed by atoms with Crippen LogP contribution in [-0.4, -0.2) is 53.0 Å². The van der Waals surface area contributed by atoms with Crippen molar-refractivity contribution in [1.29, 1.82) is 0 Å². The molecule has 1 aromatic carbocycles. The van der Waals surface area contributed by atoms with Crippen LogP contribution in [0.15, 0.2) is 47.6 Å². The van der Waals surface area contributed by atoms with Crippen LogP contribution < -0.4 is 15.1 Å². The molecule has 1 unspecified atom stereocenters. The third kappa shape index (κ3) is 3.91. The minimum atomic E-state index is -0.551. The van der Waals surface area contributed by atoms with Gasteiger partial charge < -0.3 is 14.5 Å². The molecule has 3 heterocycles. The van der Waals surface area contributed by atoms with Crippen molar-refractivity contribution in [2.24, 2.45) is 5.10 Å². The monoisotopic (exact) mass is 399 g/mol. The first-order chi connectivity index (χ1) is 13.6. The summed E-state index contributed by atoms with van der Waals surface area (Å²) < 4.78 is 19.0. The van der Waals surface area contributed by atoms with E-state index >= 15 is 0 Å². The normalized spacial score (nSPS) is 20.5. The van der Waals surface area contributed by atoms with Crippen LogP contribution in [0.1, 0.15) is 19.0 Å². The van der Waals surface area contributed by atoms with Gasteiger partial charge in [0.15, 0.2) is 5.11 Å². The van der Waals surface area contributed by atoms with Crippen LogP contribution in [0.25, 0.3) is 0 Å². The van der Waals surface area contributed by atoms with Crippen LogP contribution in [0.3, 0.4) is 0 Å². The molecule has 1 N–H and O–H groups in total. The van der Waals surface area contributed by atoms with Gasteiger partial charge in [0, 0.05) is 37.8 Å². The average Bonchev–Trinajstić information content (AvgIpc) is 2.72. The van der Waals surface area contributed by atoms with Crippen LogP contribution >= 0.6 is 12.2 Å². The molecule has 2 aliphatic rings. The minimum Gasteiger partial charge on any atom is -0.491 e. The van der Waals surface area contributed by atoms with E-state index in [1.54, 1.807) is 6.07 Å². The fraction of sp³-hybridized carbons (Fsp3) is 0.350. The summed E-state index contributed by atoms with van der Waals surface area (Å²) in [5, 5.41) is 4.98. The number of aromatic nitrogens is 1. The first-order valence-electron chi connectivity index (χ1n) is 9.34. The zero-order valence-corrected chi connectivity index (χ0v) is 16.5. The lowest BCUT2D eigenvalue weighted by atomic mass is 10.1. The van der Waals surface area contributed by atoms with Crippen molar-refractivity contribution in [3.8, 4) is 5.75 Å². The Hall–Kier alpha value is -2.74. The number of hydrazone groups is 1. The van der Waals surface area contributed by atoms with Gasteiger partial charge in [0.2, 0.25) is 5.95 Å². The van der Waals surface area contributed by atoms with Crippen LogP contribution in [0.4, 0.5) is 10.1 Å². The highest BCUT2D eigenvalue weighted by Gasteiger charge is 2.26. The van der Waals surface area contributed by atoms with E-state index in [4.69, 9.17) is 17.0 Å². The van der Waals surface area contributed by atoms with Gasteiger partial charge in [-0.1, -0.05) is 18.2 Å². The molecule has 28 heavy (non-hydrogen) atoms. The summed E-state index contributed by atoms with van der Waals surface area (Å²) in [7, 11) is 0. The zero-order valence-electron chi connectivity index (χ0n) is 15.6. The third-order valence-electron chi connectivity index (χ3n) is 4.99. The highest BCUT2D eigenvalue weighted by atomic mass is 32.1. The van der Waals surface area contributed by atoms with E-state index in [1.807, 2.05) is 6.07 Å². The molecule has 1 fully saturated rings. The van der Waals surface area contributed by atoms with E-state index in [0.29, 0.717) is 35.3 Å². The Morgan fingerprint density at radius 3 is 2.86 bits per heavy atom. The Labute approximate surface area is 169 Å². The highest BCUT2D eigenvalue weighted by molar-refractivity contribution is 7.80. The standard InChI is InChI=1S/C20H22FN5OS/c1-14-13-25(15-5-3-2-4-6-15)10-11-26(14)20(28)24-23-16-9-12-27-17-7-8-18(21)22-19(16)17/h2-8,14H,9-13H2,1H3,(H,24,28)/b23-16-. The zero-order chi connectivity index (χ0) is 19.5. The van der Waals surface area contributed by atoms with Crippen LogP contribution in [0.2, 0.25) is 0 Å². The largest absolute Gasteiger partial charge is 0.491 e. The molecule has 6 nitrogen and oxygen atoms in total. The quantitative estimate of drug-likeness (QED) is 0.476. The molecule has 8 heteroatoms. The number of nitrogens with zero attached hydrogens (tertiary/aromatic N) is 4. The molecule has 0 radical (unpaired) electrons. The van der Waals surface area contributed by atoms with Gasteiger partial charge in [-0.3, -0.25) is 5.43 Å². The number of para-hydroxylation sites is 1. The predicted molar refractivity (Wildman–Crippen MR) is 111 cm³/mol. The Bertz CT molecular complexity index is 891. The fourth-order valence-electron chi connectivity index (χ4n) is 3.54. The molecule has 146 valence electrons. The number of halogens is 1. The number of pyridine rings is 1. The van der Waals surface area contributed by atoms with Crippen molar-refractivity contribution in [2.75, 3.05) is 31.1 Å². The van der Waals surface area contributed by atoms with E-state index in [-0.39, 0.29) is 6.04 Å². The Morgan fingerprint density at radius 2 is 2.07 bits per heavy atom. The van der Waals surface area contributed by atoms with Crippen molar-refractivity contribution in [3.05, 3.63) is 54.1 Å². The Kier molecular flexibility index (Phi) is 5.38. The van der Waals surface area contributed by atoms with Crippen LogP contribution in [0.5, 0.6) is 5.75 Å². The van der Waals surface area contributed by atoms with Gasteiger partial charge in [0.25, 0.3) is 0 Å². The van der Waals surface area contributed by atoms with E-state index in [2.05, 4.69) is 56.5 Å². The van der Waals surface area contributed by atoms with E-state index in [0.717, 1.165) is 19.6 Å². The molecule has 0 spiro atoms. The molecule has 0 amide bonds. The molecule has 0 saturated carbocycles. The summed E-state index contributed by atoms with van der Waals surface area (Å²) >= 11 is 5.56. The van der Waals surface area contributed by atoms with Crippen LogP contribution in [0, 0.1) is 5.95 Å². The number of hydrogen-bond acceptors (Lipinski definition) is 5. The summed E-state index contributed by atoms with van der Waals surface area (Å²) in [5.74, 6) is -0.00542. The van der Waals surface area contributed by atoms with Gasteiger partial charge in [0.05, 0.1) is 12.3 Å². The van der Waals surface area contributed by atoms with Crippen molar-refractivity contribution < 1.29 is 9.13 Å². The molecule has 0 bridgehead atoms. The smallest absolute Gasteiger partial charge is 0.213 e. The maximum Gasteiger partial charge on any atom is 0.213 e.